The second kappa shape index (κ2) is 7.12. The van der Waals surface area contributed by atoms with Gasteiger partial charge < -0.3 is 9.80 Å². The largest absolute Gasteiger partial charge is 0.314 e. The molecule has 1 aliphatic heterocycles. The Morgan fingerprint density at radius 3 is 2.35 bits per heavy atom. The summed E-state index contributed by atoms with van der Waals surface area (Å²) in [6.07, 6.45) is 0.661. The molecular weight excluding hydrogens is 328 g/mol. The zero-order valence-electron chi connectivity index (χ0n) is 15.2. The van der Waals surface area contributed by atoms with E-state index >= 15 is 0 Å². The Bertz CT molecular complexity index is 861. The van der Waals surface area contributed by atoms with Gasteiger partial charge in [0.15, 0.2) is 11.7 Å². The van der Waals surface area contributed by atoms with Gasteiger partial charge in [0.1, 0.15) is 0 Å². The number of aryl methyl sites for hydroxylation is 1. The molecule has 2 aromatic carbocycles. The van der Waals surface area contributed by atoms with Crippen LogP contribution in [0.4, 0.5) is 11.4 Å². The molecule has 5 nitrogen and oxygen atoms in total. The summed E-state index contributed by atoms with van der Waals surface area (Å²) < 4.78 is 0. The summed E-state index contributed by atoms with van der Waals surface area (Å²) >= 11 is 0. The van der Waals surface area contributed by atoms with Gasteiger partial charge in [0, 0.05) is 24.8 Å². The van der Waals surface area contributed by atoms with Crippen LogP contribution in [-0.2, 0) is 16.0 Å². The smallest absolute Gasteiger partial charge is 0.247 e. The highest BCUT2D eigenvalue weighted by atomic mass is 16.2. The van der Waals surface area contributed by atoms with E-state index in [-0.39, 0.29) is 0 Å². The van der Waals surface area contributed by atoms with Crippen LogP contribution in [0.2, 0.25) is 0 Å². The van der Waals surface area contributed by atoms with Crippen molar-refractivity contribution in [2.75, 3.05) is 23.4 Å². The van der Waals surface area contributed by atoms with Crippen LogP contribution in [0.3, 0.4) is 0 Å². The lowest BCUT2D eigenvalue weighted by Crippen LogP contribution is -2.51. The van der Waals surface area contributed by atoms with E-state index in [1.54, 1.807) is 25.2 Å². The van der Waals surface area contributed by atoms with Gasteiger partial charge in [-0.1, -0.05) is 37.3 Å². The second-order valence-corrected chi connectivity index (χ2v) is 6.28. The highest BCUT2D eigenvalue weighted by Crippen LogP contribution is 2.33. The van der Waals surface area contributed by atoms with E-state index in [4.69, 9.17) is 0 Å². The Kier molecular flexibility index (Phi) is 4.89. The number of hydrogen-bond acceptors (Lipinski definition) is 3. The third kappa shape index (κ3) is 2.79. The van der Waals surface area contributed by atoms with Crippen molar-refractivity contribution in [2.45, 2.75) is 20.3 Å². The van der Waals surface area contributed by atoms with E-state index in [2.05, 4.69) is 0 Å². The number of benzene rings is 2. The zero-order chi connectivity index (χ0) is 18.8. The molecule has 1 heterocycles. The van der Waals surface area contributed by atoms with Gasteiger partial charge in [-0.05, 0) is 37.1 Å². The molecule has 0 saturated heterocycles. The lowest BCUT2D eigenvalue weighted by Gasteiger charge is -2.33. The number of carbonyl (C=O) groups excluding carboxylic acids is 3. The van der Waals surface area contributed by atoms with Gasteiger partial charge in [-0.2, -0.15) is 0 Å². The van der Waals surface area contributed by atoms with E-state index in [1.165, 1.54) is 9.80 Å². The zero-order valence-corrected chi connectivity index (χ0v) is 15.2. The number of nitrogens with zero attached hydrogens (tertiary/aromatic N) is 2. The Labute approximate surface area is 153 Å². The molecule has 2 amide bonds. The molecule has 1 unspecified atom stereocenters. The minimum Gasteiger partial charge on any atom is -0.314 e. The van der Waals surface area contributed by atoms with Crippen molar-refractivity contribution in [3.63, 3.8) is 0 Å². The fourth-order valence-corrected chi connectivity index (χ4v) is 3.46. The molecule has 3 rings (SSSR count). The molecule has 0 spiro atoms. The van der Waals surface area contributed by atoms with Crippen molar-refractivity contribution in [1.82, 2.24) is 0 Å². The van der Waals surface area contributed by atoms with Crippen LogP contribution < -0.4 is 9.80 Å². The Hall–Kier alpha value is -2.95. The van der Waals surface area contributed by atoms with Gasteiger partial charge in [0.25, 0.3) is 0 Å². The molecule has 0 saturated carbocycles. The van der Waals surface area contributed by atoms with E-state index in [0.29, 0.717) is 29.9 Å². The van der Waals surface area contributed by atoms with Crippen LogP contribution in [0.5, 0.6) is 0 Å². The van der Waals surface area contributed by atoms with Gasteiger partial charge in [-0.25, -0.2) is 0 Å². The number of rotatable bonds is 4. The molecule has 2 aromatic rings. The fraction of sp³-hybridized carbons (Fsp3) is 0.286. The van der Waals surface area contributed by atoms with E-state index in [1.807, 2.05) is 44.2 Å². The SMILES string of the molecule is CCc1cccc2c1C(=O)C(C(=O)N(CC)c1ccccc1)C(=O)N2C. The summed E-state index contributed by atoms with van der Waals surface area (Å²) in [5.41, 5.74) is 2.59. The number of anilines is 2. The van der Waals surface area contributed by atoms with Crippen molar-refractivity contribution in [3.05, 3.63) is 59.7 Å². The molecule has 0 bridgehead atoms. The minimum absolute atomic E-state index is 0.381. The number of para-hydroxylation sites is 1. The molecule has 0 N–H and O–H groups in total. The molecule has 0 fully saturated rings. The average molecular weight is 350 g/mol. The average Bonchev–Trinajstić information content (AvgIpc) is 2.67. The molecule has 1 atom stereocenters. The van der Waals surface area contributed by atoms with Crippen molar-refractivity contribution < 1.29 is 14.4 Å². The number of Topliss-reactive ketones (excluding diaryl/α,β-unsaturated/α-hetero) is 1. The third-order valence-electron chi connectivity index (χ3n) is 4.85. The number of hydrogen-bond donors (Lipinski definition) is 0. The standard InChI is InChI=1S/C21H22N2O3/c1-4-14-10-9-13-16-17(14)19(24)18(20(25)22(16)3)21(26)23(5-2)15-11-7-6-8-12-15/h6-13,18H,4-5H2,1-3H3. The second-order valence-electron chi connectivity index (χ2n) is 6.28. The Morgan fingerprint density at radius 2 is 1.73 bits per heavy atom. The maximum absolute atomic E-state index is 13.2. The summed E-state index contributed by atoms with van der Waals surface area (Å²) in [5, 5.41) is 0. The third-order valence-corrected chi connectivity index (χ3v) is 4.85. The van der Waals surface area contributed by atoms with E-state index in [9.17, 15) is 14.4 Å². The lowest BCUT2D eigenvalue weighted by molar-refractivity contribution is -0.130. The quantitative estimate of drug-likeness (QED) is 0.796. The molecule has 0 aromatic heterocycles. The highest BCUT2D eigenvalue weighted by molar-refractivity contribution is 6.33. The Balaban J connectivity index is 2.06. The normalized spacial score (nSPS) is 16.4. The van der Waals surface area contributed by atoms with Gasteiger partial charge in [0.2, 0.25) is 11.8 Å². The maximum Gasteiger partial charge on any atom is 0.247 e. The van der Waals surface area contributed by atoms with Crippen molar-refractivity contribution in [2.24, 2.45) is 5.92 Å². The van der Waals surface area contributed by atoms with Crippen molar-refractivity contribution in [3.8, 4) is 0 Å². The van der Waals surface area contributed by atoms with Crippen molar-refractivity contribution >= 4 is 29.0 Å². The molecule has 0 aliphatic carbocycles. The minimum atomic E-state index is -1.33. The monoisotopic (exact) mass is 350 g/mol. The predicted molar refractivity (Wildman–Crippen MR) is 102 cm³/mol. The summed E-state index contributed by atoms with van der Waals surface area (Å²) in [5.74, 6) is -2.69. The summed E-state index contributed by atoms with van der Waals surface area (Å²) in [4.78, 5) is 42.1. The molecule has 5 heteroatoms. The first kappa shape index (κ1) is 17.9. The Morgan fingerprint density at radius 1 is 1.04 bits per heavy atom. The predicted octanol–water partition coefficient (Wildman–Crippen LogP) is 3.08. The lowest BCUT2D eigenvalue weighted by atomic mass is 9.86. The first-order valence-electron chi connectivity index (χ1n) is 8.81. The maximum atomic E-state index is 13.2. The first-order chi connectivity index (χ1) is 12.5. The van der Waals surface area contributed by atoms with Crippen LogP contribution in [-0.4, -0.2) is 31.2 Å². The summed E-state index contributed by atoms with van der Waals surface area (Å²) in [6.45, 7) is 4.17. The summed E-state index contributed by atoms with van der Waals surface area (Å²) in [6, 6.07) is 14.6. The van der Waals surface area contributed by atoms with Crippen LogP contribution in [0, 0.1) is 5.92 Å². The first-order valence-corrected chi connectivity index (χ1v) is 8.81. The molecular formula is C21H22N2O3. The van der Waals surface area contributed by atoms with Crippen LogP contribution in [0.15, 0.2) is 48.5 Å². The molecule has 134 valence electrons. The van der Waals surface area contributed by atoms with Crippen molar-refractivity contribution in [1.29, 1.82) is 0 Å². The van der Waals surface area contributed by atoms with E-state index < -0.39 is 23.5 Å². The van der Waals surface area contributed by atoms with Gasteiger partial charge in [0.05, 0.1) is 5.69 Å². The molecule has 1 aliphatic rings. The van der Waals surface area contributed by atoms with Crippen LogP contribution in [0.25, 0.3) is 0 Å². The number of fused-ring (bicyclic) bond motifs is 1. The summed E-state index contributed by atoms with van der Waals surface area (Å²) in [7, 11) is 1.62. The fourth-order valence-electron chi connectivity index (χ4n) is 3.46. The van der Waals surface area contributed by atoms with Gasteiger partial charge in [-0.15, -0.1) is 0 Å². The van der Waals surface area contributed by atoms with Crippen LogP contribution in [0.1, 0.15) is 29.8 Å². The number of ketones is 1. The molecule has 0 radical (unpaired) electrons. The van der Waals surface area contributed by atoms with Gasteiger partial charge in [-0.3, -0.25) is 14.4 Å². The van der Waals surface area contributed by atoms with Crippen LogP contribution >= 0.6 is 0 Å². The van der Waals surface area contributed by atoms with Gasteiger partial charge >= 0.3 is 0 Å². The molecule has 26 heavy (non-hydrogen) atoms. The number of amides is 2. The highest BCUT2D eigenvalue weighted by Gasteiger charge is 2.45. The van der Waals surface area contributed by atoms with E-state index in [0.717, 1.165) is 5.56 Å². The number of carbonyl (C=O) groups is 3. The topological polar surface area (TPSA) is 57.7 Å².